The maximum Gasteiger partial charge on any atom is 0.293 e. The van der Waals surface area contributed by atoms with Gasteiger partial charge in [0.1, 0.15) is 28.9 Å². The van der Waals surface area contributed by atoms with E-state index in [4.69, 9.17) is 10.5 Å². The van der Waals surface area contributed by atoms with Crippen LogP contribution in [-0.4, -0.2) is 67.1 Å². The van der Waals surface area contributed by atoms with Crippen LogP contribution in [0.4, 0.5) is 0 Å². The number of hydrogen-bond donors (Lipinski definition) is 5. The van der Waals surface area contributed by atoms with Crippen molar-refractivity contribution in [3.05, 3.63) is 52.0 Å². The molecule has 0 aromatic heterocycles. The number of aromatic hydroxyl groups is 1. The minimum Gasteiger partial charge on any atom is -0.511 e. The number of aliphatic hydroxyl groups is 3. The third kappa shape index (κ3) is 3.66. The Morgan fingerprint density at radius 1 is 1.19 bits per heavy atom. The fourth-order valence-corrected chi connectivity index (χ4v) is 8.01. The first-order valence-electron chi connectivity index (χ1n) is 12.1. The van der Waals surface area contributed by atoms with E-state index in [2.05, 4.69) is 0 Å². The fourth-order valence-electron chi connectivity index (χ4n) is 6.48. The smallest absolute Gasteiger partial charge is 0.293 e. The molecule has 6 N–H and O–H groups in total. The largest absolute Gasteiger partial charge is 0.511 e. The van der Waals surface area contributed by atoms with Crippen molar-refractivity contribution in [3.63, 3.8) is 0 Å². The molecule has 0 radical (unpaired) electrons. The fraction of sp³-hybridized carbons (Fsp3) is 0.462. The summed E-state index contributed by atoms with van der Waals surface area (Å²) in [7, 11) is 0. The Hall–Kier alpha value is -3.31. The van der Waals surface area contributed by atoms with Gasteiger partial charge in [0.25, 0.3) is 12.4 Å². The van der Waals surface area contributed by atoms with Gasteiger partial charge in [-0.3, -0.25) is 19.2 Å². The second-order valence-electron chi connectivity index (χ2n) is 9.99. The van der Waals surface area contributed by atoms with E-state index in [-0.39, 0.29) is 23.4 Å². The molecule has 1 fully saturated rings. The number of allylic oxidation sites excluding steroid dienone is 1. The lowest BCUT2D eigenvalue weighted by Crippen LogP contribution is -2.63. The Bertz CT molecular complexity index is 1260. The minimum atomic E-state index is -2.85. The minimum absolute atomic E-state index is 0.0685. The molecule has 1 aromatic rings. The molecule has 4 aliphatic carbocycles. The molecule has 11 heteroatoms. The number of ether oxygens (including phenoxy) is 1. The van der Waals surface area contributed by atoms with Crippen molar-refractivity contribution >= 4 is 35.7 Å². The number of aliphatic hydroxyl groups excluding tert-OH is 2. The van der Waals surface area contributed by atoms with Crippen LogP contribution in [0.3, 0.4) is 0 Å². The lowest BCUT2D eigenvalue weighted by molar-refractivity contribution is -0.165. The van der Waals surface area contributed by atoms with E-state index in [1.54, 1.807) is 23.9 Å². The molecule has 5 atom stereocenters. The molecule has 1 aromatic carbocycles. The van der Waals surface area contributed by atoms with E-state index in [9.17, 15) is 39.6 Å². The van der Waals surface area contributed by atoms with Crippen molar-refractivity contribution in [2.45, 2.75) is 55.0 Å². The number of ketones is 2. The van der Waals surface area contributed by atoms with Gasteiger partial charge in [-0.25, -0.2) is 0 Å². The molecule has 0 spiro atoms. The zero-order valence-corrected chi connectivity index (χ0v) is 20.6. The van der Waals surface area contributed by atoms with Crippen molar-refractivity contribution in [1.29, 1.82) is 0 Å². The van der Waals surface area contributed by atoms with Crippen molar-refractivity contribution in [1.82, 2.24) is 0 Å². The summed E-state index contributed by atoms with van der Waals surface area (Å²) in [5.41, 5.74) is 1.58. The first kappa shape index (κ1) is 25.3. The standard InChI is InChI=1S/C26H27NO9S/c27-25(34)19-16(30)8-14-22(36-10-28)18-13(9-37-11-4-1-2-5-11)12-6-3-7-15(29)17(12)21(31)20(18)24(33)26(14,35)23(19)32/h3,6-7,10-11,13-14,18,22,29-30,33,35H,1-2,4-5,8-9H2,(H2,27,34)/t13-,14+,18+,22+,26+/m0/s1. The van der Waals surface area contributed by atoms with Gasteiger partial charge in [-0.05, 0) is 24.5 Å². The van der Waals surface area contributed by atoms with Crippen LogP contribution >= 0.6 is 11.8 Å². The van der Waals surface area contributed by atoms with E-state index >= 15 is 0 Å². The normalized spacial score (nSPS) is 31.6. The molecule has 5 rings (SSSR count). The highest BCUT2D eigenvalue weighted by Gasteiger charge is 2.65. The van der Waals surface area contributed by atoms with Crippen LogP contribution in [0.25, 0.3) is 0 Å². The molecular formula is C26H27NO9S. The monoisotopic (exact) mass is 529 g/mol. The number of hydrogen-bond acceptors (Lipinski definition) is 10. The van der Waals surface area contributed by atoms with Gasteiger partial charge in [0.15, 0.2) is 11.4 Å². The lowest BCUT2D eigenvalue weighted by atomic mass is 9.56. The Balaban J connectivity index is 1.72. The summed E-state index contributed by atoms with van der Waals surface area (Å²) in [6.45, 7) is 0.129. The lowest BCUT2D eigenvalue weighted by Gasteiger charge is -2.51. The number of Topliss-reactive ketones (excluding diaryl/α,β-unsaturated/α-hetero) is 2. The summed E-state index contributed by atoms with van der Waals surface area (Å²) in [6, 6.07) is 4.61. The molecule has 1 saturated carbocycles. The summed E-state index contributed by atoms with van der Waals surface area (Å²) in [6.07, 6.45) is 2.45. The van der Waals surface area contributed by atoms with Gasteiger partial charge < -0.3 is 30.9 Å². The Labute approximate surface area is 216 Å². The Morgan fingerprint density at radius 3 is 2.54 bits per heavy atom. The number of primary amides is 1. The highest BCUT2D eigenvalue weighted by Crippen LogP contribution is 2.56. The molecule has 0 saturated heterocycles. The van der Waals surface area contributed by atoms with Crippen LogP contribution in [0.5, 0.6) is 5.75 Å². The second kappa shape index (κ2) is 9.21. The van der Waals surface area contributed by atoms with Gasteiger partial charge in [0.2, 0.25) is 5.78 Å². The summed E-state index contributed by atoms with van der Waals surface area (Å²) in [5, 5.41) is 44.5. The average Bonchev–Trinajstić information content (AvgIpc) is 3.36. The van der Waals surface area contributed by atoms with Crippen molar-refractivity contribution in [3.8, 4) is 5.75 Å². The third-order valence-electron chi connectivity index (χ3n) is 8.16. The summed E-state index contributed by atoms with van der Waals surface area (Å²) >= 11 is 1.68. The predicted molar refractivity (Wildman–Crippen MR) is 131 cm³/mol. The number of nitrogens with two attached hydrogens (primary N) is 1. The molecule has 0 unspecified atom stereocenters. The molecule has 196 valence electrons. The van der Waals surface area contributed by atoms with Gasteiger partial charge in [-0.15, -0.1) is 0 Å². The highest BCUT2D eigenvalue weighted by molar-refractivity contribution is 7.99. The van der Waals surface area contributed by atoms with Crippen molar-refractivity contribution < 1.29 is 44.3 Å². The molecule has 10 nitrogen and oxygen atoms in total. The molecular weight excluding hydrogens is 502 g/mol. The number of thioether (sulfide) groups is 1. The number of phenols is 1. The molecule has 1 amide bonds. The maximum atomic E-state index is 13.7. The van der Waals surface area contributed by atoms with Gasteiger partial charge >= 0.3 is 0 Å². The van der Waals surface area contributed by atoms with Gasteiger partial charge in [0.05, 0.1) is 5.56 Å². The van der Waals surface area contributed by atoms with Crippen LogP contribution in [0.2, 0.25) is 0 Å². The van der Waals surface area contributed by atoms with Crippen LogP contribution in [0.15, 0.2) is 40.9 Å². The van der Waals surface area contributed by atoms with Gasteiger partial charge in [-0.1, -0.05) is 25.0 Å². The number of benzene rings is 1. The van der Waals surface area contributed by atoms with Gasteiger partial charge in [-0.2, -0.15) is 11.8 Å². The quantitative estimate of drug-likeness (QED) is 0.269. The van der Waals surface area contributed by atoms with E-state index in [1.807, 2.05) is 0 Å². The zero-order chi connectivity index (χ0) is 26.6. The number of carbonyl (C=O) groups is 4. The van der Waals surface area contributed by atoms with Crippen LogP contribution in [0.1, 0.15) is 53.9 Å². The predicted octanol–water partition coefficient (Wildman–Crippen LogP) is 1.95. The Kier molecular flexibility index (Phi) is 6.31. The number of phenolic OH excluding ortho intramolecular Hbond substituents is 1. The molecule has 4 aliphatic rings. The van der Waals surface area contributed by atoms with Crippen molar-refractivity contribution in [2.24, 2.45) is 17.6 Å². The van der Waals surface area contributed by atoms with E-state index in [0.717, 1.165) is 25.7 Å². The van der Waals surface area contributed by atoms with Crippen LogP contribution in [-0.2, 0) is 19.1 Å². The summed E-state index contributed by atoms with van der Waals surface area (Å²) in [5.74, 6) is -8.01. The number of carbonyl (C=O) groups excluding carboxylic acids is 4. The van der Waals surface area contributed by atoms with Crippen LogP contribution < -0.4 is 5.73 Å². The summed E-state index contributed by atoms with van der Waals surface area (Å²) < 4.78 is 5.41. The zero-order valence-electron chi connectivity index (χ0n) is 19.8. The molecule has 0 heterocycles. The third-order valence-corrected chi connectivity index (χ3v) is 9.66. The van der Waals surface area contributed by atoms with E-state index in [0.29, 0.717) is 16.6 Å². The topological polar surface area (TPSA) is 184 Å². The second-order valence-corrected chi connectivity index (χ2v) is 11.3. The first-order chi connectivity index (χ1) is 17.6. The number of amides is 1. The van der Waals surface area contributed by atoms with Gasteiger partial charge in [0, 0.05) is 40.8 Å². The van der Waals surface area contributed by atoms with Crippen molar-refractivity contribution in [2.75, 3.05) is 5.75 Å². The molecule has 37 heavy (non-hydrogen) atoms. The number of fused-ring (bicyclic) bond motifs is 3. The first-order valence-corrected chi connectivity index (χ1v) is 13.2. The average molecular weight is 530 g/mol. The number of rotatable bonds is 6. The van der Waals surface area contributed by atoms with Crippen LogP contribution in [0, 0.1) is 11.8 Å². The highest BCUT2D eigenvalue weighted by atomic mass is 32.2. The van der Waals surface area contributed by atoms with E-state index in [1.165, 1.54) is 6.07 Å². The molecule has 0 bridgehead atoms. The van der Waals surface area contributed by atoms with E-state index < -0.39 is 70.4 Å². The Morgan fingerprint density at radius 2 is 1.89 bits per heavy atom. The SMILES string of the molecule is NC(=O)C1=C(O)C[C@@H]2[C@@H](OC=O)[C@H]3C(=C(O)[C@]2(O)C1=O)C(=O)c1c(O)cccc1[C@@H]3CSC1CCCC1. The molecule has 0 aliphatic heterocycles. The summed E-state index contributed by atoms with van der Waals surface area (Å²) in [4.78, 5) is 50.6. The maximum absolute atomic E-state index is 13.7.